The Bertz CT molecular complexity index is 990. The van der Waals surface area contributed by atoms with E-state index < -0.39 is 9.84 Å². The van der Waals surface area contributed by atoms with Gasteiger partial charge in [0.2, 0.25) is 0 Å². The van der Waals surface area contributed by atoms with Crippen LogP contribution in [0.1, 0.15) is 34.7 Å². The largest absolute Gasteiger partial charge is 0.366 e. The standard InChI is InChI=1S/C19H22N4O3S/c1-13-20-16(11-18(21-13)22-15-8-10-27(25,26)12-15)19(24)23-9-4-6-14-5-2-3-7-17(14)23/h2-3,5,7,11,15H,4,6,8-10,12H2,1H3,(H,20,21,22). The second-order valence-corrected chi connectivity index (χ2v) is 9.35. The van der Waals surface area contributed by atoms with Gasteiger partial charge in [-0.1, -0.05) is 18.2 Å². The molecule has 3 heterocycles. The average molecular weight is 386 g/mol. The number of para-hydroxylation sites is 1. The van der Waals surface area contributed by atoms with Crippen molar-refractivity contribution in [3.05, 3.63) is 47.4 Å². The first-order chi connectivity index (χ1) is 12.9. The number of hydrogen-bond donors (Lipinski definition) is 1. The van der Waals surface area contributed by atoms with Crippen molar-refractivity contribution in [2.24, 2.45) is 0 Å². The molecule has 4 rings (SSSR count). The molecular formula is C19H22N4O3S. The van der Waals surface area contributed by atoms with Crippen LogP contribution in [-0.2, 0) is 16.3 Å². The molecule has 2 aliphatic heterocycles. The Morgan fingerprint density at radius 1 is 1.26 bits per heavy atom. The van der Waals surface area contributed by atoms with E-state index in [1.807, 2.05) is 24.3 Å². The van der Waals surface area contributed by atoms with Gasteiger partial charge in [0.15, 0.2) is 9.84 Å². The molecule has 0 saturated carbocycles. The molecule has 2 aliphatic rings. The van der Waals surface area contributed by atoms with Gasteiger partial charge in [0.1, 0.15) is 17.3 Å². The molecule has 1 amide bonds. The SMILES string of the molecule is Cc1nc(NC2CCS(=O)(=O)C2)cc(C(=O)N2CCCc3ccccc32)n1. The van der Waals surface area contributed by atoms with E-state index in [0.717, 1.165) is 24.1 Å². The molecule has 1 fully saturated rings. The van der Waals surface area contributed by atoms with Crippen molar-refractivity contribution in [1.82, 2.24) is 9.97 Å². The molecule has 1 aromatic heterocycles. The van der Waals surface area contributed by atoms with E-state index in [0.29, 0.717) is 30.3 Å². The molecule has 0 bridgehead atoms. The topological polar surface area (TPSA) is 92.3 Å². The van der Waals surface area contributed by atoms with Crippen LogP contribution in [0.15, 0.2) is 30.3 Å². The van der Waals surface area contributed by atoms with Crippen LogP contribution < -0.4 is 10.2 Å². The zero-order chi connectivity index (χ0) is 19.0. The fraction of sp³-hybridized carbons (Fsp3) is 0.421. The average Bonchev–Trinajstić information content (AvgIpc) is 2.98. The molecule has 0 spiro atoms. The number of sulfone groups is 1. The highest BCUT2D eigenvalue weighted by Gasteiger charge is 2.29. The first kappa shape index (κ1) is 17.9. The Hall–Kier alpha value is -2.48. The van der Waals surface area contributed by atoms with Crippen LogP contribution in [-0.4, -0.2) is 48.4 Å². The minimum absolute atomic E-state index is 0.0961. The predicted octanol–water partition coefficient (Wildman–Crippen LogP) is 1.98. The lowest BCUT2D eigenvalue weighted by Crippen LogP contribution is -2.36. The molecule has 1 unspecified atom stereocenters. The third-order valence-corrected chi connectivity index (χ3v) is 6.76. The number of aromatic nitrogens is 2. The molecule has 142 valence electrons. The van der Waals surface area contributed by atoms with Crippen molar-refractivity contribution in [2.75, 3.05) is 28.3 Å². The van der Waals surface area contributed by atoms with Gasteiger partial charge in [-0.2, -0.15) is 0 Å². The summed E-state index contributed by atoms with van der Waals surface area (Å²) in [5.41, 5.74) is 2.42. The Morgan fingerprint density at radius 2 is 2.07 bits per heavy atom. The highest BCUT2D eigenvalue weighted by Crippen LogP contribution is 2.28. The van der Waals surface area contributed by atoms with Gasteiger partial charge in [-0.05, 0) is 37.8 Å². The lowest BCUT2D eigenvalue weighted by atomic mass is 10.0. The molecule has 1 N–H and O–H groups in total. The van der Waals surface area contributed by atoms with E-state index in [-0.39, 0.29) is 23.5 Å². The number of hydrogen-bond acceptors (Lipinski definition) is 6. The molecule has 1 saturated heterocycles. The van der Waals surface area contributed by atoms with Crippen LogP contribution in [0, 0.1) is 6.92 Å². The number of anilines is 2. The number of nitrogens with one attached hydrogen (secondary N) is 1. The number of benzene rings is 1. The highest BCUT2D eigenvalue weighted by molar-refractivity contribution is 7.91. The molecule has 8 heteroatoms. The summed E-state index contributed by atoms with van der Waals surface area (Å²) < 4.78 is 23.3. The number of amides is 1. The third-order valence-electron chi connectivity index (χ3n) is 5.00. The zero-order valence-corrected chi connectivity index (χ0v) is 16.0. The molecule has 1 atom stereocenters. The normalized spacial score (nSPS) is 20.9. The summed E-state index contributed by atoms with van der Waals surface area (Å²) in [5.74, 6) is 1.10. The first-order valence-corrected chi connectivity index (χ1v) is 11.0. The smallest absolute Gasteiger partial charge is 0.277 e. The van der Waals surface area contributed by atoms with Gasteiger partial charge in [0.25, 0.3) is 5.91 Å². The van der Waals surface area contributed by atoms with Crippen LogP contribution in [0.2, 0.25) is 0 Å². The maximum absolute atomic E-state index is 13.1. The van der Waals surface area contributed by atoms with E-state index in [2.05, 4.69) is 15.3 Å². The van der Waals surface area contributed by atoms with Crippen LogP contribution in [0.4, 0.5) is 11.5 Å². The van der Waals surface area contributed by atoms with E-state index in [1.165, 1.54) is 0 Å². The lowest BCUT2D eigenvalue weighted by Gasteiger charge is -2.29. The summed E-state index contributed by atoms with van der Waals surface area (Å²) in [7, 11) is -2.98. The Morgan fingerprint density at radius 3 is 2.85 bits per heavy atom. The summed E-state index contributed by atoms with van der Waals surface area (Å²) >= 11 is 0. The van der Waals surface area contributed by atoms with E-state index in [4.69, 9.17) is 0 Å². The number of carbonyl (C=O) groups excluding carboxylic acids is 1. The fourth-order valence-corrected chi connectivity index (χ4v) is 5.43. The Balaban J connectivity index is 1.59. The van der Waals surface area contributed by atoms with Crippen molar-refractivity contribution < 1.29 is 13.2 Å². The highest BCUT2D eigenvalue weighted by atomic mass is 32.2. The van der Waals surface area contributed by atoms with E-state index >= 15 is 0 Å². The van der Waals surface area contributed by atoms with Crippen molar-refractivity contribution in [3.63, 3.8) is 0 Å². The summed E-state index contributed by atoms with van der Waals surface area (Å²) in [4.78, 5) is 23.5. The summed E-state index contributed by atoms with van der Waals surface area (Å²) in [5, 5.41) is 3.15. The summed E-state index contributed by atoms with van der Waals surface area (Å²) in [6.45, 7) is 2.39. The molecule has 7 nitrogen and oxygen atoms in total. The molecule has 1 aromatic carbocycles. The monoisotopic (exact) mass is 386 g/mol. The number of carbonyl (C=O) groups is 1. The van der Waals surface area contributed by atoms with Crippen molar-refractivity contribution >= 4 is 27.2 Å². The predicted molar refractivity (Wildman–Crippen MR) is 104 cm³/mol. The second kappa shape index (κ2) is 6.92. The first-order valence-electron chi connectivity index (χ1n) is 9.14. The number of rotatable bonds is 3. The number of nitrogens with zero attached hydrogens (tertiary/aromatic N) is 3. The Kier molecular flexibility index (Phi) is 4.59. The quantitative estimate of drug-likeness (QED) is 0.867. The van der Waals surface area contributed by atoms with Gasteiger partial charge in [0, 0.05) is 24.3 Å². The van der Waals surface area contributed by atoms with Crippen molar-refractivity contribution in [1.29, 1.82) is 0 Å². The molecule has 2 aromatic rings. The van der Waals surface area contributed by atoms with Gasteiger partial charge < -0.3 is 10.2 Å². The zero-order valence-electron chi connectivity index (χ0n) is 15.2. The minimum Gasteiger partial charge on any atom is -0.366 e. The molecule has 0 radical (unpaired) electrons. The van der Waals surface area contributed by atoms with E-state index in [1.54, 1.807) is 17.9 Å². The molecule has 0 aliphatic carbocycles. The van der Waals surface area contributed by atoms with Crippen LogP contribution in [0.25, 0.3) is 0 Å². The van der Waals surface area contributed by atoms with Gasteiger partial charge in [-0.3, -0.25) is 4.79 Å². The maximum atomic E-state index is 13.1. The minimum atomic E-state index is -2.98. The van der Waals surface area contributed by atoms with Crippen molar-refractivity contribution in [2.45, 2.75) is 32.2 Å². The summed E-state index contributed by atoms with van der Waals surface area (Å²) in [6, 6.07) is 9.37. The van der Waals surface area contributed by atoms with Gasteiger partial charge in [-0.25, -0.2) is 18.4 Å². The third kappa shape index (κ3) is 3.80. The Labute approximate surface area is 158 Å². The van der Waals surface area contributed by atoms with Crippen LogP contribution in [0.5, 0.6) is 0 Å². The van der Waals surface area contributed by atoms with Crippen molar-refractivity contribution in [3.8, 4) is 0 Å². The second-order valence-electron chi connectivity index (χ2n) is 7.12. The molecular weight excluding hydrogens is 364 g/mol. The fourth-order valence-electron chi connectivity index (χ4n) is 3.75. The van der Waals surface area contributed by atoms with Gasteiger partial charge in [-0.15, -0.1) is 0 Å². The molecule has 27 heavy (non-hydrogen) atoms. The lowest BCUT2D eigenvalue weighted by molar-refractivity contribution is 0.0980. The van der Waals surface area contributed by atoms with E-state index in [9.17, 15) is 13.2 Å². The summed E-state index contributed by atoms with van der Waals surface area (Å²) in [6.07, 6.45) is 2.43. The van der Waals surface area contributed by atoms with Gasteiger partial charge >= 0.3 is 0 Å². The number of aryl methyl sites for hydroxylation is 2. The maximum Gasteiger partial charge on any atom is 0.277 e. The van der Waals surface area contributed by atoms with Crippen LogP contribution >= 0.6 is 0 Å². The van der Waals surface area contributed by atoms with Gasteiger partial charge in [0.05, 0.1) is 11.5 Å². The van der Waals surface area contributed by atoms with Crippen LogP contribution in [0.3, 0.4) is 0 Å². The number of fused-ring (bicyclic) bond motifs is 1.